The van der Waals surface area contributed by atoms with Crippen molar-refractivity contribution in [1.29, 1.82) is 0 Å². The van der Waals surface area contributed by atoms with Crippen molar-refractivity contribution in [3.05, 3.63) is 33.8 Å². The largest absolute Gasteiger partial charge is 0.367 e. The van der Waals surface area contributed by atoms with Gasteiger partial charge >= 0.3 is 0 Å². The number of carbonyl (C=O) groups excluding carboxylic acids is 1. The van der Waals surface area contributed by atoms with E-state index in [9.17, 15) is 13.6 Å². The molecule has 1 aromatic carbocycles. The topological polar surface area (TPSA) is 29.5 Å². The zero-order chi connectivity index (χ0) is 14.9. The van der Waals surface area contributed by atoms with Crippen molar-refractivity contribution in [2.24, 2.45) is 0 Å². The first-order valence-electron chi connectivity index (χ1n) is 6.45. The van der Waals surface area contributed by atoms with Gasteiger partial charge in [0, 0.05) is 19.1 Å². The van der Waals surface area contributed by atoms with Crippen LogP contribution < -0.4 is 0 Å². The zero-order valence-corrected chi connectivity index (χ0v) is 12.9. The van der Waals surface area contributed by atoms with Gasteiger partial charge in [0.25, 0.3) is 0 Å². The van der Waals surface area contributed by atoms with E-state index in [2.05, 4.69) is 20.8 Å². The Hall–Kier alpha value is -0.850. The number of ether oxygens (including phenoxy) is 1. The van der Waals surface area contributed by atoms with Gasteiger partial charge in [0.15, 0.2) is 11.6 Å². The van der Waals surface area contributed by atoms with E-state index in [-0.39, 0.29) is 10.5 Å². The molecule has 1 atom stereocenters. The lowest BCUT2D eigenvalue weighted by molar-refractivity contribution is -0.0259. The number of nitrogens with zero attached hydrogens (tertiary/aromatic N) is 1. The fourth-order valence-corrected chi connectivity index (χ4v) is 2.54. The third kappa shape index (κ3) is 3.07. The minimum absolute atomic E-state index is 0.0683. The highest BCUT2D eigenvalue weighted by Crippen LogP contribution is 2.24. The predicted octanol–water partition coefficient (Wildman–Crippen LogP) is 3.02. The molecule has 0 spiro atoms. The molecule has 0 radical (unpaired) electrons. The Balaban J connectivity index is 2.25. The zero-order valence-electron chi connectivity index (χ0n) is 11.3. The summed E-state index contributed by atoms with van der Waals surface area (Å²) in [6.45, 7) is 5.46. The summed E-state index contributed by atoms with van der Waals surface area (Å²) < 4.78 is 33.1. The van der Waals surface area contributed by atoms with Crippen LogP contribution in [-0.4, -0.2) is 42.5 Å². The number of rotatable bonds is 3. The number of hydrogen-bond donors (Lipinski definition) is 0. The van der Waals surface area contributed by atoms with Gasteiger partial charge in [-0.25, -0.2) is 8.78 Å². The SMILES string of the molecule is CC(C)N1CCOC(C(=O)c2c(F)ccc(Br)c2F)C1. The molecule has 1 saturated heterocycles. The summed E-state index contributed by atoms with van der Waals surface area (Å²) in [6.07, 6.45) is -0.829. The summed E-state index contributed by atoms with van der Waals surface area (Å²) in [5.74, 6) is -2.38. The van der Waals surface area contributed by atoms with E-state index >= 15 is 0 Å². The summed E-state index contributed by atoms with van der Waals surface area (Å²) in [5, 5.41) is 0. The van der Waals surface area contributed by atoms with E-state index in [1.165, 1.54) is 6.07 Å². The molecule has 0 amide bonds. The van der Waals surface area contributed by atoms with Gasteiger partial charge < -0.3 is 4.74 Å². The van der Waals surface area contributed by atoms with Crippen LogP contribution in [-0.2, 0) is 4.74 Å². The number of Topliss-reactive ketones (excluding diaryl/α,β-unsaturated/α-hetero) is 1. The molecule has 1 fully saturated rings. The lowest BCUT2D eigenvalue weighted by atomic mass is 10.0. The molecule has 0 aromatic heterocycles. The predicted molar refractivity (Wildman–Crippen MR) is 74.8 cm³/mol. The van der Waals surface area contributed by atoms with E-state index in [0.29, 0.717) is 19.7 Å². The van der Waals surface area contributed by atoms with Crippen LogP contribution in [0.5, 0.6) is 0 Å². The average molecular weight is 348 g/mol. The number of benzene rings is 1. The Morgan fingerprint density at radius 1 is 1.45 bits per heavy atom. The second-order valence-corrected chi connectivity index (χ2v) is 5.88. The highest BCUT2D eigenvalue weighted by atomic mass is 79.9. The Kier molecular flexibility index (Phi) is 4.88. The fourth-order valence-electron chi connectivity index (χ4n) is 2.21. The van der Waals surface area contributed by atoms with Crippen molar-refractivity contribution < 1.29 is 18.3 Å². The first kappa shape index (κ1) is 15.5. The van der Waals surface area contributed by atoms with Crippen LogP contribution in [0.3, 0.4) is 0 Å². The van der Waals surface area contributed by atoms with Crippen LogP contribution in [0.25, 0.3) is 0 Å². The first-order valence-corrected chi connectivity index (χ1v) is 7.24. The summed E-state index contributed by atoms with van der Waals surface area (Å²) in [6, 6.07) is 2.57. The van der Waals surface area contributed by atoms with E-state index in [1.807, 2.05) is 13.8 Å². The Morgan fingerprint density at radius 3 is 2.80 bits per heavy atom. The molecule has 1 heterocycles. The van der Waals surface area contributed by atoms with Crippen molar-refractivity contribution in [3.63, 3.8) is 0 Å². The molecule has 0 bridgehead atoms. The number of ketones is 1. The second kappa shape index (κ2) is 6.28. The standard InChI is InChI=1S/C14H16BrF2NO2/c1-8(2)18-5-6-20-11(7-18)14(19)12-10(16)4-3-9(15)13(12)17/h3-4,8,11H,5-7H2,1-2H3. The molecule has 110 valence electrons. The number of carbonyl (C=O) groups is 1. The Bertz CT molecular complexity index is 522. The maximum absolute atomic E-state index is 13.9. The molecular formula is C14H16BrF2NO2. The molecule has 1 unspecified atom stereocenters. The maximum Gasteiger partial charge on any atom is 0.198 e. The van der Waals surface area contributed by atoms with Gasteiger partial charge in [0.05, 0.1) is 16.6 Å². The summed E-state index contributed by atoms with van der Waals surface area (Å²) >= 11 is 2.96. The lowest BCUT2D eigenvalue weighted by Gasteiger charge is -2.34. The summed E-state index contributed by atoms with van der Waals surface area (Å²) in [5.41, 5.74) is -0.532. The normalized spacial score (nSPS) is 20.4. The molecule has 2 rings (SSSR count). The van der Waals surface area contributed by atoms with Gasteiger partial charge in [-0.3, -0.25) is 9.69 Å². The summed E-state index contributed by atoms with van der Waals surface area (Å²) in [7, 11) is 0. The van der Waals surface area contributed by atoms with Crippen molar-refractivity contribution in [3.8, 4) is 0 Å². The van der Waals surface area contributed by atoms with Gasteiger partial charge in [-0.05, 0) is 41.9 Å². The van der Waals surface area contributed by atoms with Crippen LogP contribution >= 0.6 is 15.9 Å². The molecule has 1 aliphatic heterocycles. The van der Waals surface area contributed by atoms with Gasteiger partial charge in [0.1, 0.15) is 11.9 Å². The Morgan fingerprint density at radius 2 is 2.15 bits per heavy atom. The minimum Gasteiger partial charge on any atom is -0.367 e. The van der Waals surface area contributed by atoms with Crippen molar-refractivity contribution >= 4 is 21.7 Å². The molecular weight excluding hydrogens is 332 g/mol. The van der Waals surface area contributed by atoms with Gasteiger partial charge in [-0.2, -0.15) is 0 Å². The van der Waals surface area contributed by atoms with Crippen LogP contribution in [0.15, 0.2) is 16.6 Å². The van der Waals surface area contributed by atoms with Crippen LogP contribution in [0.2, 0.25) is 0 Å². The maximum atomic E-state index is 13.9. The quantitative estimate of drug-likeness (QED) is 0.621. The van der Waals surface area contributed by atoms with E-state index in [4.69, 9.17) is 4.74 Å². The highest BCUT2D eigenvalue weighted by molar-refractivity contribution is 9.10. The number of morpholine rings is 1. The van der Waals surface area contributed by atoms with E-state index in [0.717, 1.165) is 6.07 Å². The minimum atomic E-state index is -0.875. The molecule has 20 heavy (non-hydrogen) atoms. The van der Waals surface area contributed by atoms with E-state index in [1.54, 1.807) is 0 Å². The van der Waals surface area contributed by atoms with Gasteiger partial charge in [-0.1, -0.05) is 0 Å². The third-order valence-corrected chi connectivity index (χ3v) is 4.02. The second-order valence-electron chi connectivity index (χ2n) is 5.03. The summed E-state index contributed by atoms with van der Waals surface area (Å²) in [4.78, 5) is 14.4. The third-order valence-electron chi connectivity index (χ3n) is 3.41. The van der Waals surface area contributed by atoms with Crippen molar-refractivity contribution in [2.75, 3.05) is 19.7 Å². The fraction of sp³-hybridized carbons (Fsp3) is 0.500. The molecule has 0 aliphatic carbocycles. The molecule has 0 saturated carbocycles. The molecule has 1 aromatic rings. The lowest BCUT2D eigenvalue weighted by Crippen LogP contribution is -2.49. The van der Waals surface area contributed by atoms with Crippen molar-refractivity contribution in [1.82, 2.24) is 4.90 Å². The van der Waals surface area contributed by atoms with Gasteiger partial charge in [0.2, 0.25) is 0 Å². The first-order chi connectivity index (χ1) is 9.41. The molecule has 3 nitrogen and oxygen atoms in total. The highest BCUT2D eigenvalue weighted by Gasteiger charge is 2.32. The molecule has 1 aliphatic rings. The van der Waals surface area contributed by atoms with Crippen LogP contribution in [0.4, 0.5) is 8.78 Å². The van der Waals surface area contributed by atoms with Crippen LogP contribution in [0.1, 0.15) is 24.2 Å². The van der Waals surface area contributed by atoms with Crippen molar-refractivity contribution in [2.45, 2.75) is 26.0 Å². The van der Waals surface area contributed by atoms with Crippen LogP contribution in [0, 0.1) is 11.6 Å². The smallest absolute Gasteiger partial charge is 0.198 e. The average Bonchev–Trinajstić information content (AvgIpc) is 2.43. The number of halogens is 3. The van der Waals surface area contributed by atoms with E-state index < -0.39 is 29.1 Å². The monoisotopic (exact) mass is 347 g/mol. The number of hydrogen-bond acceptors (Lipinski definition) is 3. The Labute approximate surface area is 125 Å². The molecule has 0 N–H and O–H groups in total. The molecule has 6 heteroatoms. The van der Waals surface area contributed by atoms with Gasteiger partial charge in [-0.15, -0.1) is 0 Å².